The van der Waals surface area contributed by atoms with E-state index in [9.17, 15) is 22.8 Å². The average molecular weight is 329 g/mol. The molecule has 0 aromatic heterocycles. The number of nitrogens with one attached hydrogen (secondary N) is 1. The Kier molecular flexibility index (Phi) is 4.14. The lowest BCUT2D eigenvalue weighted by molar-refractivity contribution is -0.166. The minimum Gasteiger partial charge on any atom is -0.480 e. The third-order valence-corrected chi connectivity index (χ3v) is 3.44. The van der Waals surface area contributed by atoms with Crippen LogP contribution in [0.2, 0.25) is 0 Å². The van der Waals surface area contributed by atoms with Gasteiger partial charge in [-0.3, -0.25) is 4.79 Å². The first-order valence-electron chi connectivity index (χ1n) is 6.73. The van der Waals surface area contributed by atoms with E-state index in [1.807, 2.05) is 0 Å². The fourth-order valence-corrected chi connectivity index (χ4v) is 2.06. The molecular weight excluding hydrogens is 315 g/mol. The summed E-state index contributed by atoms with van der Waals surface area (Å²) in [6, 6.07) is 3.61. The molecule has 0 radical (unpaired) electrons. The van der Waals surface area contributed by atoms with E-state index in [1.54, 1.807) is 13.8 Å². The Morgan fingerprint density at radius 3 is 2.30 bits per heavy atom. The Labute approximate surface area is 129 Å². The molecule has 1 aliphatic heterocycles. The number of amides is 1. The summed E-state index contributed by atoms with van der Waals surface area (Å²) in [5, 5.41) is 17.5. The molecule has 0 unspecified atom stereocenters. The molecule has 1 amide bonds. The topological polar surface area (TPSA) is 91.1 Å². The van der Waals surface area contributed by atoms with Crippen LogP contribution in [-0.4, -0.2) is 29.2 Å². The first-order valence-corrected chi connectivity index (χ1v) is 6.73. The summed E-state index contributed by atoms with van der Waals surface area (Å²) in [5.41, 5.74) is -2.99. The van der Waals surface area contributed by atoms with E-state index in [1.165, 1.54) is 18.2 Å². The SMILES string of the molecule is CC(C)[C@@H](NC(=O)c1cccc(C2(C(F)(F)F)N=N2)c1)C(=O)O. The zero-order chi connectivity index (χ0) is 17.4. The Morgan fingerprint density at radius 1 is 1.26 bits per heavy atom. The molecule has 1 heterocycles. The van der Waals surface area contributed by atoms with E-state index < -0.39 is 29.8 Å². The van der Waals surface area contributed by atoms with Crippen LogP contribution in [0.15, 0.2) is 34.5 Å². The van der Waals surface area contributed by atoms with Crippen LogP contribution in [-0.2, 0) is 10.5 Å². The van der Waals surface area contributed by atoms with E-state index >= 15 is 0 Å². The number of aliphatic carboxylic acids is 1. The number of carbonyl (C=O) groups excluding carboxylic acids is 1. The molecule has 1 aromatic carbocycles. The van der Waals surface area contributed by atoms with Crippen molar-refractivity contribution in [2.75, 3.05) is 0 Å². The zero-order valence-electron chi connectivity index (χ0n) is 12.3. The second kappa shape index (κ2) is 5.64. The lowest BCUT2D eigenvalue weighted by Crippen LogP contribution is -2.44. The molecule has 1 aliphatic rings. The number of hydrogen-bond acceptors (Lipinski definition) is 4. The molecule has 9 heteroatoms. The van der Waals surface area contributed by atoms with E-state index in [4.69, 9.17) is 5.11 Å². The summed E-state index contributed by atoms with van der Waals surface area (Å²) in [5.74, 6) is -2.37. The van der Waals surface area contributed by atoms with Crippen molar-refractivity contribution < 1.29 is 27.9 Å². The Bertz CT molecular complexity index is 665. The highest BCUT2D eigenvalue weighted by atomic mass is 19.4. The fourth-order valence-electron chi connectivity index (χ4n) is 2.06. The number of alkyl halides is 3. The second-order valence-electron chi connectivity index (χ2n) is 5.48. The Morgan fingerprint density at radius 2 is 1.87 bits per heavy atom. The Hall–Kier alpha value is -2.45. The molecule has 23 heavy (non-hydrogen) atoms. The van der Waals surface area contributed by atoms with Gasteiger partial charge in [0.05, 0.1) is 0 Å². The van der Waals surface area contributed by atoms with Crippen molar-refractivity contribution in [3.8, 4) is 0 Å². The summed E-state index contributed by atoms with van der Waals surface area (Å²) in [4.78, 5) is 23.2. The molecule has 0 bridgehead atoms. The van der Waals surface area contributed by atoms with Gasteiger partial charge in [-0.2, -0.15) is 13.2 Å². The largest absolute Gasteiger partial charge is 0.480 e. The molecule has 1 aromatic rings. The standard InChI is InChI=1S/C14H14F3N3O3/c1-7(2)10(12(22)23)18-11(21)8-4-3-5-9(6-8)13(19-20-13)14(15,16)17/h3-7,10H,1-2H3,(H,18,21)(H,22,23)/t10-/m1/s1. The first-order chi connectivity index (χ1) is 10.6. The maximum Gasteiger partial charge on any atom is 0.442 e. The summed E-state index contributed by atoms with van der Waals surface area (Å²) >= 11 is 0. The number of carbonyl (C=O) groups is 2. The maximum absolute atomic E-state index is 13.0. The van der Waals surface area contributed by atoms with Gasteiger partial charge >= 0.3 is 17.8 Å². The lowest BCUT2D eigenvalue weighted by atomic mass is 9.99. The zero-order valence-corrected chi connectivity index (χ0v) is 12.3. The van der Waals surface area contributed by atoms with Crippen molar-refractivity contribution in [2.45, 2.75) is 31.7 Å². The maximum atomic E-state index is 13.0. The molecule has 124 valence electrons. The highest BCUT2D eigenvalue weighted by Crippen LogP contribution is 2.52. The van der Waals surface area contributed by atoms with Crippen LogP contribution in [0.5, 0.6) is 0 Å². The molecule has 2 N–H and O–H groups in total. The minimum absolute atomic E-state index is 0.0877. The van der Waals surface area contributed by atoms with Gasteiger partial charge < -0.3 is 10.4 Å². The number of halogens is 3. The van der Waals surface area contributed by atoms with Crippen molar-refractivity contribution in [1.29, 1.82) is 0 Å². The van der Waals surface area contributed by atoms with Crippen molar-refractivity contribution in [2.24, 2.45) is 16.1 Å². The molecule has 0 spiro atoms. The van der Waals surface area contributed by atoms with Crippen molar-refractivity contribution in [3.05, 3.63) is 35.4 Å². The summed E-state index contributed by atoms with van der Waals surface area (Å²) in [6.07, 6.45) is -4.69. The molecule has 2 rings (SSSR count). The summed E-state index contributed by atoms with van der Waals surface area (Å²) in [6.45, 7) is 3.21. The molecule has 0 saturated carbocycles. The summed E-state index contributed by atoms with van der Waals surface area (Å²) < 4.78 is 38.9. The summed E-state index contributed by atoms with van der Waals surface area (Å²) in [7, 11) is 0. The molecular formula is C14H14F3N3O3. The van der Waals surface area contributed by atoms with Crippen LogP contribution < -0.4 is 5.32 Å². The van der Waals surface area contributed by atoms with Crippen LogP contribution in [0, 0.1) is 5.92 Å². The fraction of sp³-hybridized carbons (Fsp3) is 0.429. The van der Waals surface area contributed by atoms with Gasteiger partial charge in [0.1, 0.15) is 6.04 Å². The first kappa shape index (κ1) is 16.9. The van der Waals surface area contributed by atoms with E-state index in [-0.39, 0.29) is 17.0 Å². The van der Waals surface area contributed by atoms with Crippen molar-refractivity contribution in [3.63, 3.8) is 0 Å². The smallest absolute Gasteiger partial charge is 0.442 e. The Balaban J connectivity index is 2.24. The predicted octanol–water partition coefficient (Wildman–Crippen LogP) is 2.71. The van der Waals surface area contributed by atoms with Crippen molar-refractivity contribution >= 4 is 11.9 Å². The molecule has 6 nitrogen and oxygen atoms in total. The van der Waals surface area contributed by atoms with E-state index in [0.717, 1.165) is 6.07 Å². The van der Waals surface area contributed by atoms with Gasteiger partial charge in [-0.05, 0) is 18.1 Å². The molecule has 1 atom stereocenters. The number of nitrogens with zero attached hydrogens (tertiary/aromatic N) is 2. The van der Waals surface area contributed by atoms with E-state index in [2.05, 4.69) is 15.5 Å². The monoisotopic (exact) mass is 329 g/mol. The van der Waals surface area contributed by atoms with Gasteiger partial charge in [0, 0.05) is 11.1 Å². The average Bonchev–Trinajstić information content (AvgIpc) is 3.25. The van der Waals surface area contributed by atoms with Crippen LogP contribution >= 0.6 is 0 Å². The van der Waals surface area contributed by atoms with Crippen LogP contribution in [0.3, 0.4) is 0 Å². The number of benzene rings is 1. The normalized spacial score (nSPS) is 17.0. The van der Waals surface area contributed by atoms with Gasteiger partial charge in [-0.15, -0.1) is 10.2 Å². The number of carboxylic acid groups (broad SMARTS) is 1. The molecule has 0 saturated heterocycles. The quantitative estimate of drug-likeness (QED) is 0.870. The number of hydrogen-bond donors (Lipinski definition) is 2. The lowest BCUT2D eigenvalue weighted by Gasteiger charge is -2.19. The predicted molar refractivity (Wildman–Crippen MR) is 72.8 cm³/mol. The van der Waals surface area contributed by atoms with Crippen molar-refractivity contribution in [1.82, 2.24) is 5.32 Å². The number of rotatable bonds is 5. The van der Waals surface area contributed by atoms with Gasteiger partial charge in [0.2, 0.25) is 0 Å². The highest BCUT2D eigenvalue weighted by Gasteiger charge is 2.65. The third kappa shape index (κ3) is 3.17. The second-order valence-corrected chi connectivity index (χ2v) is 5.48. The number of carboxylic acids is 1. The van der Waals surface area contributed by atoms with Gasteiger partial charge in [-0.1, -0.05) is 26.0 Å². The third-order valence-electron chi connectivity index (χ3n) is 3.44. The molecule has 0 aliphatic carbocycles. The van der Waals surface area contributed by atoms with Crippen LogP contribution in [0.25, 0.3) is 0 Å². The van der Waals surface area contributed by atoms with Gasteiger partial charge in [0.15, 0.2) is 0 Å². The van der Waals surface area contributed by atoms with Crippen LogP contribution in [0.1, 0.15) is 29.8 Å². The minimum atomic E-state index is -4.69. The highest BCUT2D eigenvalue weighted by molar-refractivity contribution is 5.96. The molecule has 0 fully saturated rings. The van der Waals surface area contributed by atoms with E-state index in [0.29, 0.717) is 0 Å². The van der Waals surface area contributed by atoms with Gasteiger partial charge in [-0.25, -0.2) is 4.79 Å². The van der Waals surface area contributed by atoms with Crippen LogP contribution in [0.4, 0.5) is 13.2 Å². The van der Waals surface area contributed by atoms with Gasteiger partial charge in [0.25, 0.3) is 5.91 Å².